The Bertz CT molecular complexity index is 634. The summed E-state index contributed by atoms with van der Waals surface area (Å²) in [6, 6.07) is 8.52. The van der Waals surface area contributed by atoms with Gasteiger partial charge >= 0.3 is 0 Å². The molecular formula is C18H30IN3O3S. The number of aliphatic imine (C=N–C) groups is 1. The number of ether oxygens (including phenoxy) is 1. The Morgan fingerprint density at radius 1 is 1.23 bits per heavy atom. The third-order valence-corrected chi connectivity index (χ3v) is 5.61. The summed E-state index contributed by atoms with van der Waals surface area (Å²) in [7, 11) is -3.27. The van der Waals surface area contributed by atoms with E-state index >= 15 is 0 Å². The van der Waals surface area contributed by atoms with Crippen molar-refractivity contribution in [3.8, 4) is 0 Å². The summed E-state index contributed by atoms with van der Waals surface area (Å²) in [5.74, 6) is 1.47. The molecule has 0 aromatic heterocycles. The Labute approximate surface area is 174 Å². The zero-order valence-electron chi connectivity index (χ0n) is 15.3. The number of benzene rings is 1. The Morgan fingerprint density at radius 2 is 1.96 bits per heavy atom. The normalized spacial score (nSPS) is 14.6. The van der Waals surface area contributed by atoms with Crippen LogP contribution >= 0.6 is 24.0 Å². The van der Waals surface area contributed by atoms with Crippen molar-refractivity contribution in [3.63, 3.8) is 0 Å². The summed E-state index contributed by atoms with van der Waals surface area (Å²) in [6.45, 7) is 5.29. The molecule has 0 unspecified atom stereocenters. The van der Waals surface area contributed by atoms with E-state index in [1.54, 1.807) is 24.3 Å². The number of nitrogens with one attached hydrogen (secondary N) is 2. The molecule has 1 aromatic carbocycles. The lowest BCUT2D eigenvalue weighted by Gasteiger charge is -2.11. The highest BCUT2D eigenvalue weighted by Crippen LogP contribution is 2.28. The van der Waals surface area contributed by atoms with Crippen molar-refractivity contribution in [2.75, 3.05) is 38.6 Å². The van der Waals surface area contributed by atoms with Gasteiger partial charge in [-0.3, -0.25) is 4.99 Å². The van der Waals surface area contributed by atoms with Gasteiger partial charge in [0.2, 0.25) is 0 Å². The molecule has 148 valence electrons. The van der Waals surface area contributed by atoms with Crippen molar-refractivity contribution in [2.45, 2.75) is 31.1 Å². The number of rotatable bonds is 11. The van der Waals surface area contributed by atoms with Crippen LogP contribution < -0.4 is 10.6 Å². The molecule has 26 heavy (non-hydrogen) atoms. The molecule has 2 rings (SSSR count). The molecule has 1 fully saturated rings. The summed E-state index contributed by atoms with van der Waals surface area (Å²) in [5, 5.41) is 6.22. The second-order valence-corrected chi connectivity index (χ2v) is 8.30. The monoisotopic (exact) mass is 495 g/mol. The van der Waals surface area contributed by atoms with Gasteiger partial charge in [-0.25, -0.2) is 8.42 Å². The summed E-state index contributed by atoms with van der Waals surface area (Å²) in [6.07, 6.45) is 3.47. The summed E-state index contributed by atoms with van der Waals surface area (Å²) < 4.78 is 30.1. The van der Waals surface area contributed by atoms with Gasteiger partial charge in [0.1, 0.15) is 0 Å². The van der Waals surface area contributed by atoms with Crippen LogP contribution in [0.2, 0.25) is 0 Å². The standard InChI is InChI=1S/C18H29N3O3S.HI/c1-2-19-18(20-11-6-13-24-15-16-9-10-16)21-12-14-25(22,23)17-7-4-3-5-8-17;/h3-5,7-8,16H,2,6,9-15H2,1H3,(H2,19,20,21);1H. The lowest BCUT2D eigenvalue weighted by Crippen LogP contribution is -2.39. The first-order valence-electron chi connectivity index (χ1n) is 8.99. The van der Waals surface area contributed by atoms with E-state index in [-0.39, 0.29) is 29.7 Å². The fourth-order valence-corrected chi connectivity index (χ4v) is 3.46. The maximum atomic E-state index is 12.2. The fraction of sp³-hybridized carbons (Fsp3) is 0.611. The van der Waals surface area contributed by atoms with E-state index in [4.69, 9.17) is 4.74 Å². The molecule has 2 N–H and O–H groups in total. The fourth-order valence-electron chi connectivity index (χ4n) is 2.28. The Hall–Kier alpha value is -0.870. The highest BCUT2D eigenvalue weighted by molar-refractivity contribution is 14.0. The number of sulfone groups is 1. The van der Waals surface area contributed by atoms with Crippen LogP contribution in [0.5, 0.6) is 0 Å². The highest BCUT2D eigenvalue weighted by atomic mass is 127. The van der Waals surface area contributed by atoms with E-state index in [2.05, 4.69) is 15.6 Å². The number of halogens is 1. The SMILES string of the molecule is CCNC(=NCCCOCC1CC1)NCCS(=O)(=O)c1ccccc1.I. The molecule has 0 spiro atoms. The van der Waals surface area contributed by atoms with E-state index in [0.29, 0.717) is 23.9 Å². The third-order valence-electron chi connectivity index (χ3n) is 3.88. The molecule has 0 saturated heterocycles. The first-order valence-corrected chi connectivity index (χ1v) is 10.6. The lowest BCUT2D eigenvalue weighted by molar-refractivity contribution is 0.123. The van der Waals surface area contributed by atoms with Crippen LogP contribution in [0, 0.1) is 5.92 Å². The smallest absolute Gasteiger partial charge is 0.191 e. The van der Waals surface area contributed by atoms with E-state index in [1.165, 1.54) is 12.8 Å². The molecular weight excluding hydrogens is 465 g/mol. The van der Waals surface area contributed by atoms with E-state index in [1.807, 2.05) is 13.0 Å². The Morgan fingerprint density at radius 3 is 2.62 bits per heavy atom. The number of hydrogen-bond donors (Lipinski definition) is 2. The first kappa shape index (κ1) is 23.2. The molecule has 6 nitrogen and oxygen atoms in total. The van der Waals surface area contributed by atoms with Crippen molar-refractivity contribution in [3.05, 3.63) is 30.3 Å². The zero-order chi connectivity index (χ0) is 18.0. The van der Waals surface area contributed by atoms with E-state index in [0.717, 1.165) is 32.1 Å². The second-order valence-electron chi connectivity index (χ2n) is 6.19. The van der Waals surface area contributed by atoms with Crippen LogP contribution in [0.25, 0.3) is 0 Å². The van der Waals surface area contributed by atoms with Crippen LogP contribution in [0.1, 0.15) is 26.2 Å². The maximum Gasteiger partial charge on any atom is 0.191 e. The van der Waals surface area contributed by atoms with Gasteiger partial charge in [0.15, 0.2) is 15.8 Å². The maximum absolute atomic E-state index is 12.2. The van der Waals surface area contributed by atoms with Gasteiger partial charge in [-0.1, -0.05) is 18.2 Å². The van der Waals surface area contributed by atoms with Crippen molar-refractivity contribution >= 4 is 39.8 Å². The van der Waals surface area contributed by atoms with Crippen LogP contribution in [0.4, 0.5) is 0 Å². The summed E-state index contributed by atoms with van der Waals surface area (Å²) in [5.41, 5.74) is 0. The average Bonchev–Trinajstić information content (AvgIpc) is 3.43. The van der Waals surface area contributed by atoms with E-state index in [9.17, 15) is 8.42 Å². The number of guanidine groups is 1. The molecule has 0 heterocycles. The van der Waals surface area contributed by atoms with Crippen LogP contribution in [-0.4, -0.2) is 53.0 Å². The van der Waals surface area contributed by atoms with Crippen molar-refractivity contribution < 1.29 is 13.2 Å². The molecule has 0 radical (unpaired) electrons. The molecule has 1 aliphatic carbocycles. The van der Waals surface area contributed by atoms with Crippen LogP contribution in [0.15, 0.2) is 40.2 Å². The topological polar surface area (TPSA) is 79.8 Å². The average molecular weight is 495 g/mol. The quantitative estimate of drug-likeness (QED) is 0.214. The molecule has 0 amide bonds. The largest absolute Gasteiger partial charge is 0.381 e. The third kappa shape index (κ3) is 9.18. The molecule has 8 heteroatoms. The van der Waals surface area contributed by atoms with Gasteiger partial charge in [0.05, 0.1) is 10.6 Å². The highest BCUT2D eigenvalue weighted by Gasteiger charge is 2.20. The van der Waals surface area contributed by atoms with Crippen molar-refractivity contribution in [2.24, 2.45) is 10.9 Å². The predicted octanol–water partition coefficient (Wildman–Crippen LogP) is 2.45. The van der Waals surface area contributed by atoms with Gasteiger partial charge in [-0.05, 0) is 44.2 Å². The summed E-state index contributed by atoms with van der Waals surface area (Å²) in [4.78, 5) is 4.81. The van der Waals surface area contributed by atoms with Gasteiger partial charge in [-0.15, -0.1) is 24.0 Å². The van der Waals surface area contributed by atoms with Crippen LogP contribution in [-0.2, 0) is 14.6 Å². The molecule has 1 saturated carbocycles. The lowest BCUT2D eigenvalue weighted by atomic mass is 10.4. The van der Waals surface area contributed by atoms with E-state index < -0.39 is 9.84 Å². The number of nitrogens with zero attached hydrogens (tertiary/aromatic N) is 1. The Balaban J connectivity index is 0.00000338. The minimum atomic E-state index is -3.27. The molecule has 1 aliphatic rings. The second kappa shape index (κ2) is 12.5. The minimum absolute atomic E-state index is 0. The molecule has 0 atom stereocenters. The molecule has 1 aromatic rings. The number of hydrogen-bond acceptors (Lipinski definition) is 4. The van der Waals surface area contributed by atoms with Gasteiger partial charge in [0.25, 0.3) is 0 Å². The molecule has 0 bridgehead atoms. The van der Waals surface area contributed by atoms with Gasteiger partial charge < -0.3 is 15.4 Å². The zero-order valence-corrected chi connectivity index (χ0v) is 18.5. The minimum Gasteiger partial charge on any atom is -0.381 e. The van der Waals surface area contributed by atoms with Crippen LogP contribution in [0.3, 0.4) is 0 Å². The summed E-state index contributed by atoms with van der Waals surface area (Å²) >= 11 is 0. The van der Waals surface area contributed by atoms with Crippen molar-refractivity contribution in [1.82, 2.24) is 10.6 Å². The predicted molar refractivity (Wildman–Crippen MR) is 116 cm³/mol. The molecule has 0 aliphatic heterocycles. The first-order chi connectivity index (χ1) is 12.1. The van der Waals surface area contributed by atoms with Crippen molar-refractivity contribution in [1.29, 1.82) is 0 Å². The van der Waals surface area contributed by atoms with Gasteiger partial charge in [0, 0.05) is 32.8 Å². The van der Waals surface area contributed by atoms with Gasteiger partial charge in [-0.2, -0.15) is 0 Å². The Kier molecular flexibility index (Phi) is 11.1.